The van der Waals surface area contributed by atoms with E-state index in [2.05, 4.69) is 31.0 Å². The molecule has 0 saturated heterocycles. The first kappa shape index (κ1) is 39.7. The Bertz CT molecular complexity index is 1130. The van der Waals surface area contributed by atoms with E-state index in [1.54, 1.807) is 13.8 Å². The van der Waals surface area contributed by atoms with Crippen molar-refractivity contribution in [2.75, 3.05) is 36.9 Å². The second-order valence-electron chi connectivity index (χ2n) is 7.57. The second-order valence-corrected chi connectivity index (χ2v) is 7.57. The van der Waals surface area contributed by atoms with Crippen molar-refractivity contribution in [2.24, 2.45) is 20.4 Å². The van der Waals surface area contributed by atoms with Crippen molar-refractivity contribution in [3.63, 3.8) is 0 Å². The van der Waals surface area contributed by atoms with Gasteiger partial charge in [-0.15, -0.1) is 20.4 Å². The Morgan fingerprint density at radius 2 is 1.00 bits per heavy atom. The number of hydrogen-bond donors (Lipinski definition) is 4. The number of nitrogens with zero attached hydrogens (tertiary/aromatic N) is 4. The zero-order valence-corrected chi connectivity index (χ0v) is 24.3. The normalized spacial score (nSPS) is 11.6. The molecule has 0 amide bonds. The third kappa shape index (κ3) is 17.3. The molecule has 2 aromatic rings. The van der Waals surface area contributed by atoms with Crippen molar-refractivity contribution < 1.29 is 60.0 Å². The van der Waals surface area contributed by atoms with Crippen molar-refractivity contribution in [2.45, 2.75) is 27.7 Å². The maximum atomic E-state index is 12.7. The Morgan fingerprint density at radius 3 is 1.29 bits per heavy atom. The topological polar surface area (TPSA) is 198 Å². The van der Waals surface area contributed by atoms with E-state index in [9.17, 15) is 28.6 Å². The number of anilines is 2. The molecule has 2 aromatic carbocycles. The molecule has 0 radical (unpaired) electrons. The monoisotopic (exact) mass is 638 g/mol. The standard InChI is InChI=1S/2C13H16FN3O3.Ni.H2O/c2*1-3-20-13(19)9(2)16-17-12(18)8-15-11-6-4-10(14)5-7-11;;/h2*4-7,15H,3,8H2,1-2H3,(H,17,18);;1H2/b2*16-9+;;. The van der Waals surface area contributed by atoms with Crippen molar-refractivity contribution in [3.8, 4) is 0 Å². The number of ether oxygens (including phenoxy) is 2. The fourth-order valence-corrected chi connectivity index (χ4v) is 2.39. The molecule has 234 valence electrons. The van der Waals surface area contributed by atoms with Gasteiger partial charge in [0.2, 0.25) is 11.8 Å². The molecule has 42 heavy (non-hydrogen) atoms. The summed E-state index contributed by atoms with van der Waals surface area (Å²) < 4.78 is 34.8. The van der Waals surface area contributed by atoms with Gasteiger partial charge >= 0.3 is 11.9 Å². The number of hydrogen-bond acceptors (Lipinski definition) is 10. The van der Waals surface area contributed by atoms with Gasteiger partial charge in [0, 0.05) is 27.9 Å². The summed E-state index contributed by atoms with van der Waals surface area (Å²) in [4.78, 5) is 22.4. The minimum Gasteiger partial charge on any atom is -0.494 e. The average Bonchev–Trinajstić information content (AvgIpc) is 2.94. The molecule has 0 spiro atoms. The van der Waals surface area contributed by atoms with Gasteiger partial charge in [0.25, 0.3) is 0 Å². The Morgan fingerprint density at radius 1 is 0.690 bits per heavy atom. The van der Waals surface area contributed by atoms with Gasteiger partial charge in [0.15, 0.2) is 0 Å². The summed E-state index contributed by atoms with van der Waals surface area (Å²) >= 11 is 0. The zero-order chi connectivity index (χ0) is 29.9. The van der Waals surface area contributed by atoms with Gasteiger partial charge in [-0.1, -0.05) is 0 Å². The third-order valence-electron chi connectivity index (χ3n) is 4.36. The van der Waals surface area contributed by atoms with E-state index in [4.69, 9.17) is 9.47 Å². The van der Waals surface area contributed by atoms with Crippen molar-refractivity contribution in [1.82, 2.24) is 0 Å². The largest absolute Gasteiger partial charge is 0.494 e. The Hall–Kier alpha value is -4.43. The molecule has 0 atom stereocenters. The van der Waals surface area contributed by atoms with Gasteiger partial charge in [0.05, 0.1) is 26.3 Å². The van der Waals surface area contributed by atoms with Crippen LogP contribution in [-0.2, 0) is 35.6 Å². The van der Waals surface area contributed by atoms with E-state index in [0.29, 0.717) is 11.4 Å². The maximum absolute atomic E-state index is 12.7. The molecule has 0 heterocycles. The first-order chi connectivity index (χ1) is 19.0. The van der Waals surface area contributed by atoms with E-state index in [1.165, 1.54) is 62.4 Å². The van der Waals surface area contributed by atoms with Crippen molar-refractivity contribution >= 4 is 46.5 Å². The summed E-state index contributed by atoms with van der Waals surface area (Å²) in [5.74, 6) is -2.48. The molecule has 0 aliphatic heterocycles. The van der Waals surface area contributed by atoms with Crippen LogP contribution in [0.1, 0.15) is 27.7 Å². The number of nitrogens with one attached hydrogen (secondary N) is 2. The van der Waals surface area contributed by atoms with Crippen LogP contribution in [0, 0.1) is 11.6 Å². The van der Waals surface area contributed by atoms with Crippen LogP contribution >= 0.6 is 0 Å². The SMILES string of the molecule is CCOC(=O)/C(C)=N/N=C(\O)CNc1ccc(F)cc1.CCOC(=O)/C(C)=N/N=C(\O)CNc1ccc(F)cc1.O.[Ni]. The number of carbonyl (C=O) groups is 2. The maximum Gasteiger partial charge on any atom is 0.354 e. The van der Waals surface area contributed by atoms with Gasteiger partial charge in [-0.2, -0.15) is 0 Å². The minimum absolute atomic E-state index is 0. The predicted molar refractivity (Wildman–Crippen MR) is 153 cm³/mol. The van der Waals surface area contributed by atoms with Crippen LogP contribution < -0.4 is 10.6 Å². The average molecular weight is 639 g/mol. The molecule has 16 heteroatoms. The van der Waals surface area contributed by atoms with Gasteiger partial charge in [0.1, 0.15) is 23.1 Å². The summed E-state index contributed by atoms with van der Waals surface area (Å²) in [5.41, 5.74) is 1.33. The number of benzene rings is 2. The van der Waals surface area contributed by atoms with E-state index in [-0.39, 0.29) is 83.1 Å². The molecular formula is C26H34F2N6NiO7. The van der Waals surface area contributed by atoms with E-state index in [0.717, 1.165) is 0 Å². The Labute approximate surface area is 251 Å². The predicted octanol–water partition coefficient (Wildman–Crippen LogP) is 3.44. The van der Waals surface area contributed by atoms with Crippen LogP contribution in [-0.4, -0.2) is 77.1 Å². The summed E-state index contributed by atoms with van der Waals surface area (Å²) in [6, 6.07) is 11.3. The van der Waals surface area contributed by atoms with Crippen LogP contribution in [0.25, 0.3) is 0 Å². The minimum atomic E-state index is -0.587. The first-order valence-corrected chi connectivity index (χ1v) is 12.0. The van der Waals surface area contributed by atoms with Gasteiger partial charge in [-0.25, -0.2) is 18.4 Å². The first-order valence-electron chi connectivity index (χ1n) is 12.0. The number of carbonyl (C=O) groups excluding carboxylic acids is 2. The third-order valence-corrected chi connectivity index (χ3v) is 4.36. The van der Waals surface area contributed by atoms with E-state index in [1.807, 2.05) is 0 Å². The van der Waals surface area contributed by atoms with E-state index < -0.39 is 11.9 Å². The molecule has 0 bridgehead atoms. The molecule has 2 rings (SSSR count). The molecule has 0 aromatic heterocycles. The fourth-order valence-electron chi connectivity index (χ4n) is 2.39. The van der Waals surface area contributed by atoms with Crippen LogP contribution in [0.3, 0.4) is 0 Å². The quantitative estimate of drug-likeness (QED) is 0.0890. The summed E-state index contributed by atoms with van der Waals surface area (Å²) in [7, 11) is 0. The molecular weight excluding hydrogens is 605 g/mol. The second kappa shape index (κ2) is 22.3. The number of rotatable bonds is 12. The van der Waals surface area contributed by atoms with Crippen LogP contribution in [0.2, 0.25) is 0 Å². The van der Waals surface area contributed by atoms with Gasteiger partial charge in [-0.3, -0.25) is 0 Å². The number of halogens is 2. The smallest absolute Gasteiger partial charge is 0.354 e. The van der Waals surface area contributed by atoms with Crippen molar-refractivity contribution in [3.05, 3.63) is 60.2 Å². The summed E-state index contributed by atoms with van der Waals surface area (Å²) in [6.07, 6.45) is 0. The van der Waals surface area contributed by atoms with Crippen molar-refractivity contribution in [1.29, 1.82) is 0 Å². The molecule has 0 fully saturated rings. The van der Waals surface area contributed by atoms with Crippen LogP contribution in [0.4, 0.5) is 20.2 Å². The van der Waals surface area contributed by atoms with Crippen LogP contribution in [0.5, 0.6) is 0 Å². The fraction of sp³-hybridized carbons (Fsp3) is 0.308. The molecule has 0 unspecified atom stereocenters. The van der Waals surface area contributed by atoms with Gasteiger partial charge < -0.3 is 35.8 Å². The van der Waals surface area contributed by atoms with Gasteiger partial charge in [-0.05, 0) is 76.2 Å². The Kier molecular flexibility index (Phi) is 21.1. The summed E-state index contributed by atoms with van der Waals surface area (Å²) in [5, 5.41) is 38.7. The molecule has 0 aliphatic rings. The Balaban J connectivity index is 0. The number of aliphatic hydroxyl groups is 2. The van der Waals surface area contributed by atoms with E-state index >= 15 is 0 Å². The summed E-state index contributed by atoms with van der Waals surface area (Å²) in [6.45, 7) is 6.72. The number of aliphatic hydroxyl groups excluding tert-OH is 2. The number of esters is 2. The molecule has 0 aliphatic carbocycles. The zero-order valence-electron chi connectivity index (χ0n) is 23.3. The molecule has 13 nitrogen and oxygen atoms in total. The molecule has 6 N–H and O–H groups in total. The molecule has 0 saturated carbocycles. The van der Waals surface area contributed by atoms with Crippen LogP contribution in [0.15, 0.2) is 68.9 Å².